The van der Waals surface area contributed by atoms with E-state index in [-0.39, 0.29) is 12.5 Å². The zero-order valence-corrected chi connectivity index (χ0v) is 14.5. The highest BCUT2D eigenvalue weighted by atomic mass is 32.1. The lowest BCUT2D eigenvalue weighted by Crippen LogP contribution is -2.28. The van der Waals surface area contributed by atoms with E-state index in [4.69, 9.17) is 4.74 Å². The summed E-state index contributed by atoms with van der Waals surface area (Å²) in [5, 5.41) is 15.9. The Hall–Kier alpha value is -3.26. The maximum Gasteiger partial charge on any atom is 0.258 e. The lowest BCUT2D eigenvalue weighted by molar-refractivity contribution is -0.123. The fourth-order valence-electron chi connectivity index (χ4n) is 2.36. The highest BCUT2D eigenvalue weighted by Crippen LogP contribution is 2.24. The third-order valence-corrected chi connectivity index (χ3v) is 4.65. The number of amides is 1. The van der Waals surface area contributed by atoms with Gasteiger partial charge in [0.2, 0.25) is 4.96 Å². The molecule has 2 heterocycles. The average Bonchev–Trinajstić information content (AvgIpc) is 3.28. The summed E-state index contributed by atoms with van der Waals surface area (Å²) in [5.74, 6) is 0.517. The molecular weight excluding hydrogens is 350 g/mol. The smallest absolute Gasteiger partial charge is 0.258 e. The molecule has 1 N–H and O–H groups in total. The summed E-state index contributed by atoms with van der Waals surface area (Å²) in [6, 6.07) is 17.2. The van der Waals surface area contributed by atoms with Crippen molar-refractivity contribution in [3.8, 4) is 16.3 Å². The molecule has 0 aliphatic rings. The molecule has 4 aromatic rings. The zero-order chi connectivity index (χ0) is 17.8. The van der Waals surface area contributed by atoms with Crippen LogP contribution in [0, 0.1) is 0 Å². The minimum Gasteiger partial charge on any atom is -0.484 e. The van der Waals surface area contributed by atoms with E-state index in [1.165, 1.54) is 11.3 Å². The van der Waals surface area contributed by atoms with E-state index in [1.807, 2.05) is 54.6 Å². The molecule has 1 amide bonds. The summed E-state index contributed by atoms with van der Waals surface area (Å²) in [4.78, 5) is 12.6. The second-order valence-electron chi connectivity index (χ2n) is 5.54. The van der Waals surface area contributed by atoms with E-state index >= 15 is 0 Å². The summed E-state index contributed by atoms with van der Waals surface area (Å²) in [5.41, 5.74) is 2.01. The fourth-order valence-corrected chi connectivity index (χ4v) is 3.18. The lowest BCUT2D eigenvalue weighted by Gasteiger charge is -2.08. The van der Waals surface area contributed by atoms with Crippen molar-refractivity contribution < 1.29 is 9.53 Å². The molecular formula is C18H15N5O2S. The van der Waals surface area contributed by atoms with Crippen molar-refractivity contribution in [2.45, 2.75) is 6.54 Å². The molecule has 0 saturated heterocycles. The van der Waals surface area contributed by atoms with Gasteiger partial charge >= 0.3 is 0 Å². The number of rotatable bonds is 6. The summed E-state index contributed by atoms with van der Waals surface area (Å²) in [7, 11) is 0. The van der Waals surface area contributed by atoms with Crippen LogP contribution in [0.1, 0.15) is 5.56 Å². The van der Waals surface area contributed by atoms with Gasteiger partial charge in [0.15, 0.2) is 6.61 Å². The Morgan fingerprint density at radius 1 is 1.12 bits per heavy atom. The van der Waals surface area contributed by atoms with Gasteiger partial charge in [-0.15, -0.1) is 10.2 Å². The topological polar surface area (TPSA) is 81.4 Å². The molecule has 2 aromatic carbocycles. The van der Waals surface area contributed by atoms with Crippen LogP contribution in [0.3, 0.4) is 0 Å². The first kappa shape index (κ1) is 16.2. The highest BCUT2D eigenvalue weighted by Gasteiger charge is 2.08. The molecule has 0 bridgehead atoms. The van der Waals surface area contributed by atoms with Gasteiger partial charge in [0, 0.05) is 12.1 Å². The second kappa shape index (κ2) is 7.32. The van der Waals surface area contributed by atoms with Gasteiger partial charge in [0.05, 0.1) is 0 Å². The number of aromatic nitrogens is 4. The number of ether oxygens (including phenoxy) is 1. The molecule has 0 aliphatic heterocycles. The van der Waals surface area contributed by atoms with Crippen LogP contribution in [0.15, 0.2) is 60.9 Å². The van der Waals surface area contributed by atoms with Crippen molar-refractivity contribution in [2.24, 2.45) is 0 Å². The lowest BCUT2D eigenvalue weighted by atomic mass is 10.1. The maximum absolute atomic E-state index is 11.9. The Labute approximate surface area is 153 Å². The molecule has 2 aromatic heterocycles. The SMILES string of the molecule is O=C(COc1ccccc1)NCc1ccc(-c2nn3cnnc3s2)cc1. The van der Waals surface area contributed by atoms with Gasteiger partial charge in [0.25, 0.3) is 5.91 Å². The van der Waals surface area contributed by atoms with E-state index < -0.39 is 0 Å². The number of nitrogens with zero attached hydrogens (tertiary/aromatic N) is 4. The molecule has 0 spiro atoms. The Balaban J connectivity index is 1.31. The van der Waals surface area contributed by atoms with Crippen molar-refractivity contribution in [2.75, 3.05) is 6.61 Å². The van der Waals surface area contributed by atoms with Gasteiger partial charge in [-0.1, -0.05) is 53.8 Å². The van der Waals surface area contributed by atoms with Gasteiger partial charge in [-0.3, -0.25) is 4.79 Å². The Morgan fingerprint density at radius 2 is 1.92 bits per heavy atom. The molecule has 26 heavy (non-hydrogen) atoms. The summed E-state index contributed by atoms with van der Waals surface area (Å²) in [6.07, 6.45) is 1.58. The summed E-state index contributed by atoms with van der Waals surface area (Å²) >= 11 is 1.48. The van der Waals surface area contributed by atoms with Crippen LogP contribution in [0.5, 0.6) is 5.75 Å². The monoisotopic (exact) mass is 365 g/mol. The number of fused-ring (bicyclic) bond motifs is 1. The van der Waals surface area contributed by atoms with Gasteiger partial charge < -0.3 is 10.1 Å². The summed E-state index contributed by atoms with van der Waals surface area (Å²) < 4.78 is 7.08. The second-order valence-corrected chi connectivity index (χ2v) is 6.50. The number of para-hydroxylation sites is 1. The van der Waals surface area contributed by atoms with Crippen molar-refractivity contribution in [3.63, 3.8) is 0 Å². The maximum atomic E-state index is 11.9. The minimum atomic E-state index is -0.161. The minimum absolute atomic E-state index is 0.00492. The molecule has 0 radical (unpaired) electrons. The standard InChI is InChI=1S/C18H15N5O2S/c24-16(11-25-15-4-2-1-3-5-15)19-10-13-6-8-14(9-7-13)17-22-23-12-20-21-18(23)26-17/h1-9,12H,10-11H2,(H,19,24). The highest BCUT2D eigenvalue weighted by molar-refractivity contribution is 7.19. The molecule has 0 atom stereocenters. The van der Waals surface area contributed by atoms with Crippen molar-refractivity contribution in [1.82, 2.24) is 25.1 Å². The molecule has 0 aliphatic carbocycles. The Bertz CT molecular complexity index is 982. The van der Waals surface area contributed by atoms with Crippen molar-refractivity contribution >= 4 is 22.2 Å². The van der Waals surface area contributed by atoms with Gasteiger partial charge in [-0.25, -0.2) is 0 Å². The van der Waals surface area contributed by atoms with E-state index in [0.29, 0.717) is 12.3 Å². The van der Waals surface area contributed by atoms with E-state index in [0.717, 1.165) is 21.1 Å². The Kier molecular flexibility index (Phi) is 4.57. The number of hydrogen-bond acceptors (Lipinski definition) is 6. The zero-order valence-electron chi connectivity index (χ0n) is 13.7. The molecule has 4 rings (SSSR count). The van der Waals surface area contributed by atoms with Crippen molar-refractivity contribution in [1.29, 1.82) is 0 Å². The number of carbonyl (C=O) groups is 1. The van der Waals surface area contributed by atoms with E-state index in [1.54, 1.807) is 10.8 Å². The number of hydrogen-bond donors (Lipinski definition) is 1. The van der Waals surface area contributed by atoms with Gasteiger partial charge in [-0.05, 0) is 17.7 Å². The molecule has 7 nitrogen and oxygen atoms in total. The van der Waals surface area contributed by atoms with Crippen LogP contribution in [0.25, 0.3) is 15.5 Å². The first-order valence-electron chi connectivity index (χ1n) is 7.99. The van der Waals surface area contributed by atoms with Crippen molar-refractivity contribution in [3.05, 3.63) is 66.5 Å². The molecule has 0 unspecified atom stereocenters. The van der Waals surface area contributed by atoms with Gasteiger partial charge in [-0.2, -0.15) is 9.61 Å². The first-order chi connectivity index (χ1) is 12.8. The third-order valence-electron chi connectivity index (χ3n) is 3.69. The van der Waals surface area contributed by atoms with Crippen LogP contribution in [0.2, 0.25) is 0 Å². The van der Waals surface area contributed by atoms with Gasteiger partial charge in [0.1, 0.15) is 17.1 Å². The largest absolute Gasteiger partial charge is 0.484 e. The number of benzene rings is 2. The quantitative estimate of drug-likeness (QED) is 0.568. The normalized spacial score (nSPS) is 10.8. The predicted molar refractivity (Wildman–Crippen MR) is 97.9 cm³/mol. The van der Waals surface area contributed by atoms with Crippen LogP contribution in [-0.4, -0.2) is 32.3 Å². The molecule has 130 valence electrons. The molecule has 0 fully saturated rings. The number of carbonyl (C=O) groups excluding carboxylic acids is 1. The average molecular weight is 365 g/mol. The predicted octanol–water partition coefficient (Wildman–Crippen LogP) is 2.55. The van der Waals surface area contributed by atoms with E-state index in [9.17, 15) is 4.79 Å². The van der Waals surface area contributed by atoms with Crippen LogP contribution in [-0.2, 0) is 11.3 Å². The van der Waals surface area contributed by atoms with Crippen LogP contribution in [0.4, 0.5) is 0 Å². The third kappa shape index (κ3) is 3.70. The first-order valence-corrected chi connectivity index (χ1v) is 8.80. The fraction of sp³-hybridized carbons (Fsp3) is 0.111. The summed E-state index contributed by atoms with van der Waals surface area (Å²) in [6.45, 7) is 0.442. The van der Waals surface area contributed by atoms with Crippen LogP contribution < -0.4 is 10.1 Å². The number of nitrogens with one attached hydrogen (secondary N) is 1. The molecule has 0 saturated carbocycles. The van der Waals surface area contributed by atoms with E-state index in [2.05, 4.69) is 20.6 Å². The molecule has 8 heteroatoms. The Morgan fingerprint density at radius 3 is 2.69 bits per heavy atom. The van der Waals surface area contributed by atoms with Crippen LogP contribution >= 0.6 is 11.3 Å².